The summed E-state index contributed by atoms with van der Waals surface area (Å²) >= 11 is 1.49. The van der Waals surface area contributed by atoms with Crippen LogP contribution in [0.15, 0.2) is 4.99 Å². The highest BCUT2D eigenvalue weighted by molar-refractivity contribution is 8.13. The Morgan fingerprint density at radius 3 is 2.24 bits per heavy atom. The highest BCUT2D eigenvalue weighted by atomic mass is 32.2. The Morgan fingerprint density at radius 1 is 1.12 bits per heavy atom. The third-order valence-corrected chi connectivity index (χ3v) is 3.24. The van der Waals surface area contributed by atoms with Gasteiger partial charge in [-0.25, -0.2) is 0 Å². The SMILES string of the molecule is CCCCCCCCCCN=C(NC#N)SC. The molecule has 0 atom stereocenters. The number of rotatable bonds is 9. The highest BCUT2D eigenvalue weighted by Gasteiger charge is 1.94. The molecule has 0 aliphatic carbocycles. The third kappa shape index (κ3) is 11.6. The number of nitriles is 1. The van der Waals surface area contributed by atoms with Crippen molar-refractivity contribution in [1.82, 2.24) is 5.32 Å². The maximum Gasteiger partial charge on any atom is 0.183 e. The fourth-order valence-corrected chi connectivity index (χ4v) is 2.00. The van der Waals surface area contributed by atoms with Crippen molar-refractivity contribution in [2.24, 2.45) is 4.99 Å². The molecule has 0 saturated heterocycles. The fraction of sp³-hybridized carbons (Fsp3) is 0.846. The number of hydrogen-bond donors (Lipinski definition) is 1. The zero-order valence-corrected chi connectivity index (χ0v) is 12.0. The van der Waals surface area contributed by atoms with Gasteiger partial charge in [-0.2, -0.15) is 5.26 Å². The van der Waals surface area contributed by atoms with Crippen molar-refractivity contribution in [3.8, 4) is 6.19 Å². The normalized spacial score (nSPS) is 11.2. The number of amidine groups is 1. The summed E-state index contributed by atoms with van der Waals surface area (Å²) in [5.74, 6) is 0. The van der Waals surface area contributed by atoms with Crippen LogP contribution in [0.3, 0.4) is 0 Å². The van der Waals surface area contributed by atoms with Gasteiger partial charge in [-0.3, -0.25) is 10.3 Å². The van der Waals surface area contributed by atoms with Crippen molar-refractivity contribution in [2.75, 3.05) is 12.8 Å². The van der Waals surface area contributed by atoms with Crippen LogP contribution in [0.1, 0.15) is 58.3 Å². The topological polar surface area (TPSA) is 48.2 Å². The van der Waals surface area contributed by atoms with Crippen LogP contribution >= 0.6 is 11.8 Å². The Morgan fingerprint density at radius 2 is 1.71 bits per heavy atom. The summed E-state index contributed by atoms with van der Waals surface area (Å²) < 4.78 is 0. The van der Waals surface area contributed by atoms with Crippen molar-refractivity contribution in [3.05, 3.63) is 0 Å². The first kappa shape index (κ1) is 16.3. The molecule has 98 valence electrons. The Balaban J connectivity index is 3.30. The van der Waals surface area contributed by atoms with E-state index in [0.717, 1.165) is 18.1 Å². The van der Waals surface area contributed by atoms with Crippen LogP contribution in [0.25, 0.3) is 0 Å². The number of thioether (sulfide) groups is 1. The lowest BCUT2D eigenvalue weighted by Gasteiger charge is -2.01. The molecule has 0 unspecified atom stereocenters. The molecular formula is C13H25N3S. The molecule has 0 bridgehead atoms. The van der Waals surface area contributed by atoms with E-state index < -0.39 is 0 Å². The highest BCUT2D eigenvalue weighted by Crippen LogP contribution is 2.08. The summed E-state index contributed by atoms with van der Waals surface area (Å²) in [6.07, 6.45) is 14.3. The lowest BCUT2D eigenvalue weighted by atomic mass is 10.1. The molecule has 0 heterocycles. The molecule has 0 aromatic heterocycles. The van der Waals surface area contributed by atoms with Crippen LogP contribution in [-0.2, 0) is 0 Å². The Hall–Kier alpha value is -0.690. The largest absolute Gasteiger partial charge is 0.272 e. The monoisotopic (exact) mass is 255 g/mol. The summed E-state index contributed by atoms with van der Waals surface area (Å²) in [6, 6.07) is 0. The summed E-state index contributed by atoms with van der Waals surface area (Å²) in [5.41, 5.74) is 0. The second-order valence-corrected chi connectivity index (χ2v) is 4.90. The van der Waals surface area contributed by atoms with Gasteiger partial charge in [-0.1, -0.05) is 63.6 Å². The quantitative estimate of drug-likeness (QED) is 0.223. The van der Waals surface area contributed by atoms with E-state index in [-0.39, 0.29) is 0 Å². The standard InChI is InChI=1S/C13H25N3S/c1-3-4-5-6-7-8-9-10-11-15-13(17-2)16-12-14/h3-11H2,1-2H3,(H,15,16). The molecule has 0 radical (unpaired) electrons. The lowest BCUT2D eigenvalue weighted by Crippen LogP contribution is -2.13. The van der Waals surface area contributed by atoms with Gasteiger partial charge >= 0.3 is 0 Å². The number of hydrogen-bond acceptors (Lipinski definition) is 3. The predicted molar refractivity (Wildman–Crippen MR) is 77.2 cm³/mol. The van der Waals surface area contributed by atoms with Crippen LogP contribution in [-0.4, -0.2) is 18.0 Å². The first-order valence-corrected chi connectivity index (χ1v) is 7.81. The maximum absolute atomic E-state index is 8.46. The van der Waals surface area contributed by atoms with E-state index in [9.17, 15) is 0 Å². The minimum Gasteiger partial charge on any atom is -0.272 e. The maximum atomic E-state index is 8.46. The number of aliphatic imine (C=N–C) groups is 1. The van der Waals surface area contributed by atoms with E-state index >= 15 is 0 Å². The van der Waals surface area contributed by atoms with Gasteiger partial charge in [0.15, 0.2) is 11.4 Å². The summed E-state index contributed by atoms with van der Waals surface area (Å²) in [4.78, 5) is 4.33. The van der Waals surface area contributed by atoms with E-state index in [1.807, 2.05) is 12.4 Å². The average molecular weight is 255 g/mol. The molecule has 0 spiro atoms. The average Bonchev–Trinajstić information content (AvgIpc) is 2.35. The van der Waals surface area contributed by atoms with E-state index in [1.165, 1.54) is 56.7 Å². The Kier molecular flexibility index (Phi) is 12.8. The molecule has 1 N–H and O–H groups in total. The summed E-state index contributed by atoms with van der Waals surface area (Å²) in [7, 11) is 0. The third-order valence-electron chi connectivity index (χ3n) is 2.62. The van der Waals surface area contributed by atoms with E-state index in [1.54, 1.807) is 0 Å². The van der Waals surface area contributed by atoms with Crippen molar-refractivity contribution in [1.29, 1.82) is 5.26 Å². The second-order valence-electron chi connectivity index (χ2n) is 4.10. The Bertz CT molecular complexity index is 233. The van der Waals surface area contributed by atoms with Crippen molar-refractivity contribution in [2.45, 2.75) is 58.3 Å². The van der Waals surface area contributed by atoms with Gasteiger partial charge in [0.25, 0.3) is 0 Å². The van der Waals surface area contributed by atoms with Gasteiger partial charge in [0.1, 0.15) is 0 Å². The van der Waals surface area contributed by atoms with Crippen LogP contribution in [0.5, 0.6) is 0 Å². The van der Waals surface area contributed by atoms with Crippen molar-refractivity contribution in [3.63, 3.8) is 0 Å². The van der Waals surface area contributed by atoms with E-state index in [0.29, 0.717) is 0 Å². The molecular weight excluding hydrogens is 230 g/mol. The van der Waals surface area contributed by atoms with Gasteiger partial charge in [-0.15, -0.1) is 0 Å². The number of unbranched alkanes of at least 4 members (excludes halogenated alkanes) is 7. The number of nitrogens with one attached hydrogen (secondary N) is 1. The van der Waals surface area contributed by atoms with Crippen molar-refractivity contribution < 1.29 is 0 Å². The molecule has 0 aromatic rings. The van der Waals surface area contributed by atoms with E-state index in [4.69, 9.17) is 5.26 Å². The molecule has 0 aliphatic heterocycles. The lowest BCUT2D eigenvalue weighted by molar-refractivity contribution is 0.578. The van der Waals surface area contributed by atoms with Gasteiger partial charge < -0.3 is 0 Å². The summed E-state index contributed by atoms with van der Waals surface area (Å²) in [5, 5.41) is 11.8. The zero-order valence-electron chi connectivity index (χ0n) is 11.2. The van der Waals surface area contributed by atoms with Crippen LogP contribution in [0.4, 0.5) is 0 Å². The Labute approximate surface area is 110 Å². The van der Waals surface area contributed by atoms with Gasteiger partial charge in [0, 0.05) is 6.54 Å². The minimum atomic E-state index is 0.732. The van der Waals surface area contributed by atoms with Gasteiger partial charge in [-0.05, 0) is 12.7 Å². The minimum absolute atomic E-state index is 0.732. The van der Waals surface area contributed by atoms with Crippen LogP contribution < -0.4 is 5.32 Å². The molecule has 17 heavy (non-hydrogen) atoms. The molecule has 3 nitrogen and oxygen atoms in total. The van der Waals surface area contributed by atoms with E-state index in [2.05, 4.69) is 17.2 Å². The van der Waals surface area contributed by atoms with Crippen molar-refractivity contribution >= 4 is 16.9 Å². The number of nitrogens with zero attached hydrogens (tertiary/aromatic N) is 2. The zero-order chi connectivity index (χ0) is 12.8. The predicted octanol–water partition coefficient (Wildman–Crippen LogP) is 3.92. The van der Waals surface area contributed by atoms with Crippen LogP contribution in [0, 0.1) is 11.5 Å². The first-order chi connectivity index (χ1) is 8.35. The molecule has 0 saturated carbocycles. The molecule has 0 rings (SSSR count). The smallest absolute Gasteiger partial charge is 0.183 e. The molecule has 0 amide bonds. The molecule has 4 heteroatoms. The van der Waals surface area contributed by atoms with Gasteiger partial charge in [0.05, 0.1) is 0 Å². The van der Waals surface area contributed by atoms with Gasteiger partial charge in [0.2, 0.25) is 0 Å². The van der Waals surface area contributed by atoms with Crippen LogP contribution in [0.2, 0.25) is 0 Å². The molecule has 0 fully saturated rings. The summed E-state index contributed by atoms with van der Waals surface area (Å²) in [6.45, 7) is 3.08. The first-order valence-electron chi connectivity index (χ1n) is 6.58. The molecule has 0 aliphatic rings. The second kappa shape index (κ2) is 13.4. The molecule has 0 aromatic carbocycles. The fourth-order valence-electron chi connectivity index (χ4n) is 1.63.